The topological polar surface area (TPSA) is 99.0 Å². The standard InChI is InChI=1S/C21H22Cl2N8OS/c1-30-6-8-31(9-7-30)20-25-19(24-18-12-16(28-29-18)17-3-2-10-32-17)26-21(27-20)33-13-4-5-14(22)15(23)11-13/h2-3,10-12H,4-9H2,1H3,(H2,24,25,26,27,28,29). The van der Waals surface area contributed by atoms with Gasteiger partial charge >= 0.3 is 0 Å². The third-order valence-electron chi connectivity index (χ3n) is 5.35. The lowest BCUT2D eigenvalue weighted by molar-refractivity contribution is 0.311. The first-order chi connectivity index (χ1) is 16.0. The number of nitrogens with one attached hydrogen (secondary N) is 2. The third-order valence-corrected chi connectivity index (χ3v) is 7.13. The van der Waals surface area contributed by atoms with Gasteiger partial charge in [-0.15, -0.1) is 0 Å². The lowest BCUT2D eigenvalue weighted by Gasteiger charge is -2.32. The van der Waals surface area contributed by atoms with Crippen molar-refractivity contribution in [1.82, 2.24) is 30.0 Å². The Bertz CT molecular complexity index is 1180. The molecule has 0 spiro atoms. The first-order valence-electron chi connectivity index (χ1n) is 10.5. The SMILES string of the molecule is CN1CCN(c2nc(Nc3cc(-c4ccco4)[nH]n3)nc(SC3=CC(Cl)=C(Cl)CC3)n2)CC1. The minimum absolute atomic E-state index is 0.426. The van der Waals surface area contributed by atoms with Crippen LogP contribution in [0.1, 0.15) is 12.8 Å². The number of aromatic nitrogens is 5. The van der Waals surface area contributed by atoms with Crippen LogP contribution in [0.4, 0.5) is 17.7 Å². The molecule has 12 heteroatoms. The highest BCUT2D eigenvalue weighted by atomic mass is 35.5. The van der Waals surface area contributed by atoms with Crippen LogP contribution in [0, 0.1) is 0 Å². The monoisotopic (exact) mass is 504 g/mol. The number of piperazine rings is 1. The van der Waals surface area contributed by atoms with E-state index in [1.165, 1.54) is 11.8 Å². The first kappa shape index (κ1) is 22.3. The van der Waals surface area contributed by atoms with E-state index in [0.717, 1.165) is 43.2 Å². The van der Waals surface area contributed by atoms with Crippen molar-refractivity contribution in [3.63, 3.8) is 0 Å². The van der Waals surface area contributed by atoms with Gasteiger partial charge in [0.1, 0.15) is 5.69 Å². The molecule has 1 aliphatic carbocycles. The predicted molar refractivity (Wildman–Crippen MR) is 131 cm³/mol. The molecule has 3 aromatic heterocycles. The summed E-state index contributed by atoms with van der Waals surface area (Å²) in [5.41, 5.74) is 0.760. The van der Waals surface area contributed by atoms with Crippen LogP contribution in [-0.2, 0) is 0 Å². The summed E-state index contributed by atoms with van der Waals surface area (Å²) in [6, 6.07) is 5.54. The summed E-state index contributed by atoms with van der Waals surface area (Å²) in [4.78, 5) is 19.6. The van der Waals surface area contributed by atoms with Gasteiger partial charge in [0, 0.05) is 37.3 Å². The van der Waals surface area contributed by atoms with Gasteiger partial charge in [-0.1, -0.05) is 35.0 Å². The molecule has 1 aliphatic heterocycles. The van der Waals surface area contributed by atoms with Crippen LogP contribution < -0.4 is 10.2 Å². The van der Waals surface area contributed by atoms with E-state index in [0.29, 0.717) is 45.1 Å². The first-order valence-corrected chi connectivity index (χ1v) is 12.1. The number of likely N-dealkylation sites (N-methyl/N-ethyl adjacent to an activating group) is 1. The van der Waals surface area contributed by atoms with Crippen LogP contribution in [-0.4, -0.2) is 63.3 Å². The van der Waals surface area contributed by atoms with Crippen molar-refractivity contribution in [3.05, 3.63) is 45.5 Å². The molecule has 3 aromatic rings. The minimum atomic E-state index is 0.426. The minimum Gasteiger partial charge on any atom is -0.463 e. The number of H-pyrrole nitrogens is 1. The molecule has 0 bridgehead atoms. The van der Waals surface area contributed by atoms with Gasteiger partial charge in [-0.2, -0.15) is 20.1 Å². The second kappa shape index (κ2) is 9.76. The van der Waals surface area contributed by atoms with Crippen molar-refractivity contribution >= 4 is 52.7 Å². The average molecular weight is 505 g/mol. The van der Waals surface area contributed by atoms with Gasteiger partial charge in [-0.05, 0) is 43.0 Å². The van der Waals surface area contributed by atoms with Gasteiger partial charge in [0.15, 0.2) is 16.7 Å². The molecule has 9 nitrogen and oxygen atoms in total. The lowest BCUT2D eigenvalue weighted by Crippen LogP contribution is -2.45. The number of anilines is 3. The van der Waals surface area contributed by atoms with Crippen LogP contribution >= 0.6 is 35.0 Å². The van der Waals surface area contributed by atoms with Gasteiger partial charge in [0.05, 0.1) is 11.3 Å². The Hall–Kier alpha value is -2.53. The maximum Gasteiger partial charge on any atom is 0.234 e. The maximum atomic E-state index is 6.24. The summed E-state index contributed by atoms with van der Waals surface area (Å²) < 4.78 is 5.43. The van der Waals surface area contributed by atoms with Crippen molar-refractivity contribution in [1.29, 1.82) is 0 Å². The largest absolute Gasteiger partial charge is 0.463 e. The zero-order chi connectivity index (χ0) is 22.8. The van der Waals surface area contributed by atoms with Gasteiger partial charge in [0.2, 0.25) is 11.9 Å². The van der Waals surface area contributed by atoms with E-state index >= 15 is 0 Å². The second-order valence-electron chi connectivity index (χ2n) is 7.77. The van der Waals surface area contributed by atoms with Crippen molar-refractivity contribution in [2.24, 2.45) is 0 Å². The summed E-state index contributed by atoms with van der Waals surface area (Å²) in [7, 11) is 2.12. The zero-order valence-electron chi connectivity index (χ0n) is 17.9. The van der Waals surface area contributed by atoms with Crippen LogP contribution in [0.2, 0.25) is 0 Å². The smallest absolute Gasteiger partial charge is 0.234 e. The molecule has 5 rings (SSSR count). The molecule has 0 saturated carbocycles. The molecule has 4 heterocycles. The van der Waals surface area contributed by atoms with E-state index in [4.69, 9.17) is 32.6 Å². The molecule has 172 valence electrons. The fourth-order valence-corrected chi connectivity index (χ4v) is 4.81. The van der Waals surface area contributed by atoms with E-state index in [9.17, 15) is 0 Å². The normalized spacial score (nSPS) is 17.4. The number of halogens is 2. The molecular formula is C21H22Cl2N8OS. The molecule has 0 aromatic carbocycles. The van der Waals surface area contributed by atoms with Gasteiger partial charge < -0.3 is 19.5 Å². The molecule has 2 aliphatic rings. The maximum absolute atomic E-state index is 6.24. The molecule has 2 N–H and O–H groups in total. The number of aromatic amines is 1. The Morgan fingerprint density at radius 1 is 1.12 bits per heavy atom. The van der Waals surface area contributed by atoms with Crippen molar-refractivity contribution in [2.45, 2.75) is 18.0 Å². The molecular weight excluding hydrogens is 483 g/mol. The van der Waals surface area contributed by atoms with Crippen LogP contribution in [0.25, 0.3) is 11.5 Å². The van der Waals surface area contributed by atoms with Crippen LogP contribution in [0.5, 0.6) is 0 Å². The summed E-state index contributed by atoms with van der Waals surface area (Å²) in [6.45, 7) is 3.60. The summed E-state index contributed by atoms with van der Waals surface area (Å²) in [5.74, 6) is 2.35. The number of rotatable bonds is 6. The van der Waals surface area contributed by atoms with E-state index in [-0.39, 0.29) is 0 Å². The van der Waals surface area contributed by atoms with E-state index in [1.54, 1.807) is 6.26 Å². The molecule has 33 heavy (non-hydrogen) atoms. The van der Waals surface area contributed by atoms with E-state index in [2.05, 4.69) is 42.3 Å². The highest BCUT2D eigenvalue weighted by Gasteiger charge is 2.20. The Labute approximate surface area is 205 Å². The third kappa shape index (κ3) is 5.35. The Kier molecular flexibility index (Phi) is 6.59. The molecule has 1 saturated heterocycles. The fraction of sp³-hybridized carbons (Fsp3) is 0.333. The highest BCUT2D eigenvalue weighted by Crippen LogP contribution is 2.37. The number of hydrogen-bond acceptors (Lipinski definition) is 9. The number of nitrogens with zero attached hydrogens (tertiary/aromatic N) is 6. The predicted octanol–water partition coefficient (Wildman–Crippen LogP) is 4.81. The van der Waals surface area contributed by atoms with E-state index < -0.39 is 0 Å². The number of allylic oxidation sites excluding steroid dienone is 4. The van der Waals surface area contributed by atoms with Gasteiger partial charge in [0.25, 0.3) is 0 Å². The Balaban J connectivity index is 1.42. The number of furan rings is 1. The van der Waals surface area contributed by atoms with Gasteiger partial charge in [-0.25, -0.2) is 0 Å². The summed E-state index contributed by atoms with van der Waals surface area (Å²) in [5, 5.41) is 12.3. The van der Waals surface area contributed by atoms with Crippen molar-refractivity contribution in [3.8, 4) is 11.5 Å². The van der Waals surface area contributed by atoms with Crippen molar-refractivity contribution in [2.75, 3.05) is 43.4 Å². The summed E-state index contributed by atoms with van der Waals surface area (Å²) >= 11 is 13.9. The zero-order valence-corrected chi connectivity index (χ0v) is 20.2. The lowest BCUT2D eigenvalue weighted by atomic mass is 10.2. The Morgan fingerprint density at radius 2 is 1.97 bits per heavy atom. The van der Waals surface area contributed by atoms with E-state index in [1.807, 2.05) is 24.3 Å². The average Bonchev–Trinajstić information content (AvgIpc) is 3.49. The summed E-state index contributed by atoms with van der Waals surface area (Å²) in [6.07, 6.45) is 5.01. The molecule has 0 atom stereocenters. The molecule has 0 radical (unpaired) electrons. The van der Waals surface area contributed by atoms with Crippen molar-refractivity contribution < 1.29 is 4.42 Å². The van der Waals surface area contributed by atoms with Gasteiger partial charge in [-0.3, -0.25) is 5.10 Å². The number of thioether (sulfide) groups is 1. The quantitative estimate of drug-likeness (QED) is 0.489. The highest BCUT2D eigenvalue weighted by molar-refractivity contribution is 8.02. The fourth-order valence-electron chi connectivity index (χ4n) is 3.50. The molecule has 1 fully saturated rings. The molecule has 0 amide bonds. The molecule has 0 unspecified atom stereocenters. The second-order valence-corrected chi connectivity index (χ2v) is 9.72. The Morgan fingerprint density at radius 3 is 2.73 bits per heavy atom. The number of hydrogen-bond donors (Lipinski definition) is 2. The van der Waals surface area contributed by atoms with Crippen LogP contribution in [0.15, 0.2) is 55.1 Å². The van der Waals surface area contributed by atoms with Crippen LogP contribution in [0.3, 0.4) is 0 Å².